The van der Waals surface area contributed by atoms with Crippen LogP contribution in [-0.4, -0.2) is 8.42 Å². The van der Waals surface area contributed by atoms with Gasteiger partial charge in [-0.05, 0) is 31.9 Å². The lowest BCUT2D eigenvalue weighted by Gasteiger charge is -2.07. The van der Waals surface area contributed by atoms with Crippen LogP contribution in [0.25, 0.3) is 0 Å². The Kier molecular flexibility index (Phi) is 5.32. The maximum Gasteiger partial charge on any atom is 0.261 e. The van der Waals surface area contributed by atoms with Crippen molar-refractivity contribution in [2.75, 3.05) is 0 Å². The topological polar surface area (TPSA) is 34.1 Å². The molecular formula is C11H17ClO2S. The van der Waals surface area contributed by atoms with Crippen molar-refractivity contribution in [3.05, 3.63) is 28.8 Å². The number of hydrogen-bond donors (Lipinski definition) is 0. The second-order valence-corrected chi connectivity index (χ2v) is 5.67. The van der Waals surface area contributed by atoms with E-state index in [1.807, 2.05) is 32.9 Å². The summed E-state index contributed by atoms with van der Waals surface area (Å²) in [6.45, 7) is 9.41. The molecule has 0 bridgehead atoms. The minimum Gasteiger partial charge on any atom is -0.207 e. The van der Waals surface area contributed by atoms with Gasteiger partial charge in [0.1, 0.15) is 0 Å². The van der Waals surface area contributed by atoms with Crippen molar-refractivity contribution < 1.29 is 8.42 Å². The van der Waals surface area contributed by atoms with E-state index < -0.39 is 9.05 Å². The first kappa shape index (κ1) is 14.5. The third-order valence-corrected chi connectivity index (χ3v) is 3.44. The molecule has 0 aromatic heterocycles. The molecule has 0 spiro atoms. The van der Waals surface area contributed by atoms with Crippen molar-refractivity contribution in [2.24, 2.45) is 0 Å². The second-order valence-electron chi connectivity index (χ2n) is 3.17. The molecule has 86 valence electrons. The Hall–Kier alpha value is -0.540. The average Bonchev–Trinajstić information content (AvgIpc) is 2.02. The van der Waals surface area contributed by atoms with Gasteiger partial charge >= 0.3 is 0 Å². The summed E-state index contributed by atoms with van der Waals surface area (Å²) in [6, 6.07) is 3.62. The van der Waals surface area contributed by atoms with Gasteiger partial charge in [0.15, 0.2) is 0 Å². The Balaban J connectivity index is 0.000000921. The normalized spacial score (nSPS) is 10.5. The summed E-state index contributed by atoms with van der Waals surface area (Å²) in [5, 5.41) is 0. The number of aryl methyl sites for hydroxylation is 3. The molecule has 0 unspecified atom stereocenters. The fourth-order valence-electron chi connectivity index (χ4n) is 1.55. The maximum atomic E-state index is 11.2. The van der Waals surface area contributed by atoms with Crippen molar-refractivity contribution >= 4 is 19.7 Å². The molecule has 0 saturated heterocycles. The van der Waals surface area contributed by atoms with E-state index in [-0.39, 0.29) is 4.90 Å². The lowest BCUT2D eigenvalue weighted by atomic mass is 10.1. The molecule has 0 aliphatic carbocycles. The summed E-state index contributed by atoms with van der Waals surface area (Å²) in [4.78, 5) is 0.236. The van der Waals surface area contributed by atoms with Gasteiger partial charge < -0.3 is 0 Å². The molecular weight excluding hydrogens is 232 g/mol. The minimum absolute atomic E-state index is 0.236. The summed E-state index contributed by atoms with van der Waals surface area (Å²) in [5.41, 5.74) is 2.44. The highest BCUT2D eigenvalue weighted by Gasteiger charge is 2.16. The highest BCUT2D eigenvalue weighted by atomic mass is 35.7. The van der Waals surface area contributed by atoms with Gasteiger partial charge in [-0.2, -0.15) is 0 Å². The fourth-order valence-corrected chi connectivity index (χ4v) is 3.17. The Morgan fingerprint density at radius 1 is 1.00 bits per heavy atom. The van der Waals surface area contributed by atoms with Crippen molar-refractivity contribution in [3.8, 4) is 0 Å². The molecule has 0 heterocycles. The average molecular weight is 249 g/mol. The van der Waals surface area contributed by atoms with Gasteiger partial charge in [-0.15, -0.1) is 0 Å². The first-order chi connectivity index (χ1) is 6.82. The van der Waals surface area contributed by atoms with Gasteiger partial charge in [-0.1, -0.05) is 31.5 Å². The number of benzene rings is 1. The third-order valence-electron chi connectivity index (χ3n) is 1.85. The maximum absolute atomic E-state index is 11.2. The van der Waals surface area contributed by atoms with Gasteiger partial charge in [0.05, 0.1) is 4.90 Å². The summed E-state index contributed by atoms with van der Waals surface area (Å²) < 4.78 is 22.3. The predicted octanol–water partition coefficient (Wildman–Crippen LogP) is 3.57. The van der Waals surface area contributed by atoms with E-state index in [2.05, 4.69) is 0 Å². The highest BCUT2D eigenvalue weighted by Crippen LogP contribution is 2.24. The van der Waals surface area contributed by atoms with Crippen LogP contribution in [0, 0.1) is 20.8 Å². The van der Waals surface area contributed by atoms with Crippen molar-refractivity contribution in [2.45, 2.75) is 39.5 Å². The van der Waals surface area contributed by atoms with Gasteiger partial charge in [-0.3, -0.25) is 0 Å². The zero-order chi connectivity index (χ0) is 12.2. The van der Waals surface area contributed by atoms with E-state index in [4.69, 9.17) is 10.7 Å². The Morgan fingerprint density at radius 2 is 1.33 bits per heavy atom. The lowest BCUT2D eigenvalue weighted by molar-refractivity contribution is 0.608. The molecule has 0 saturated carbocycles. The van der Waals surface area contributed by atoms with Crippen LogP contribution in [0.1, 0.15) is 30.5 Å². The van der Waals surface area contributed by atoms with Crippen molar-refractivity contribution in [1.29, 1.82) is 0 Å². The summed E-state index contributed by atoms with van der Waals surface area (Å²) in [7, 11) is 1.68. The van der Waals surface area contributed by atoms with E-state index in [0.29, 0.717) is 11.1 Å². The molecule has 1 aromatic carbocycles. The molecule has 1 rings (SSSR count). The van der Waals surface area contributed by atoms with E-state index in [0.717, 1.165) is 5.56 Å². The number of rotatable bonds is 1. The van der Waals surface area contributed by atoms with Gasteiger partial charge in [0.25, 0.3) is 9.05 Å². The number of hydrogen-bond acceptors (Lipinski definition) is 2. The largest absolute Gasteiger partial charge is 0.261 e. The molecule has 4 heteroatoms. The van der Waals surface area contributed by atoms with Crippen LogP contribution in [0.5, 0.6) is 0 Å². The van der Waals surface area contributed by atoms with E-state index in [1.54, 1.807) is 13.8 Å². The molecule has 0 aliphatic heterocycles. The Labute approximate surface area is 96.7 Å². The van der Waals surface area contributed by atoms with Crippen LogP contribution in [0.2, 0.25) is 0 Å². The first-order valence-electron chi connectivity index (χ1n) is 4.85. The van der Waals surface area contributed by atoms with Crippen molar-refractivity contribution in [3.63, 3.8) is 0 Å². The third kappa shape index (κ3) is 3.84. The fraction of sp³-hybridized carbons (Fsp3) is 0.455. The second kappa shape index (κ2) is 5.52. The van der Waals surface area contributed by atoms with Crippen LogP contribution < -0.4 is 0 Å². The van der Waals surface area contributed by atoms with E-state index in [9.17, 15) is 8.42 Å². The van der Waals surface area contributed by atoms with Gasteiger partial charge in [0, 0.05) is 10.7 Å². The van der Waals surface area contributed by atoms with Gasteiger partial charge in [-0.25, -0.2) is 8.42 Å². The smallest absolute Gasteiger partial charge is 0.207 e. The molecule has 0 fully saturated rings. The predicted molar refractivity (Wildman–Crippen MR) is 65.0 cm³/mol. The van der Waals surface area contributed by atoms with Gasteiger partial charge in [0.2, 0.25) is 0 Å². The molecule has 2 nitrogen and oxygen atoms in total. The highest BCUT2D eigenvalue weighted by molar-refractivity contribution is 8.13. The first-order valence-corrected chi connectivity index (χ1v) is 7.16. The minimum atomic E-state index is -3.61. The van der Waals surface area contributed by atoms with E-state index >= 15 is 0 Å². The molecule has 15 heavy (non-hydrogen) atoms. The number of halogens is 1. The molecule has 0 aliphatic rings. The van der Waals surface area contributed by atoms with Crippen LogP contribution in [0.4, 0.5) is 0 Å². The molecule has 0 atom stereocenters. The molecule has 0 N–H and O–H groups in total. The summed E-state index contributed by atoms with van der Waals surface area (Å²) in [6.07, 6.45) is 0. The van der Waals surface area contributed by atoms with Crippen molar-refractivity contribution in [1.82, 2.24) is 0 Å². The SMILES string of the molecule is CC.Cc1cc(C)c(S(=O)(=O)Cl)c(C)c1. The summed E-state index contributed by atoms with van der Waals surface area (Å²) in [5.74, 6) is 0. The standard InChI is InChI=1S/C9H11ClO2S.C2H6/c1-6-4-7(2)9(8(3)5-6)13(10,11)12;1-2/h4-5H,1-3H3;1-2H3. The Morgan fingerprint density at radius 3 is 1.60 bits per heavy atom. The zero-order valence-corrected chi connectivity index (χ0v) is 11.3. The van der Waals surface area contributed by atoms with E-state index in [1.165, 1.54) is 0 Å². The quantitative estimate of drug-likeness (QED) is 0.712. The van der Waals surface area contributed by atoms with Crippen LogP contribution in [0.3, 0.4) is 0 Å². The van der Waals surface area contributed by atoms with Crippen LogP contribution in [-0.2, 0) is 9.05 Å². The monoisotopic (exact) mass is 248 g/mol. The van der Waals surface area contributed by atoms with Crippen LogP contribution >= 0.6 is 10.7 Å². The Bertz CT molecular complexity index is 413. The lowest BCUT2D eigenvalue weighted by Crippen LogP contribution is -1.98. The van der Waals surface area contributed by atoms with Crippen LogP contribution in [0.15, 0.2) is 17.0 Å². The molecule has 0 radical (unpaired) electrons. The summed E-state index contributed by atoms with van der Waals surface area (Å²) >= 11 is 0. The zero-order valence-electron chi connectivity index (χ0n) is 9.76. The molecule has 1 aromatic rings. The molecule has 0 amide bonds.